The molecule has 0 heterocycles. The van der Waals surface area contributed by atoms with E-state index in [0.717, 1.165) is 5.56 Å². The lowest BCUT2D eigenvalue weighted by molar-refractivity contribution is -0.176. The van der Waals surface area contributed by atoms with Crippen LogP contribution in [-0.2, 0) is 11.3 Å². The smallest absolute Gasteiger partial charge is 0.367 e. The number of hydrogen-bond acceptors (Lipinski definition) is 2. The largest absolute Gasteiger partial charge is 0.411 e. The van der Waals surface area contributed by atoms with Crippen molar-refractivity contribution in [2.75, 3.05) is 17.8 Å². The van der Waals surface area contributed by atoms with Crippen LogP contribution in [0.2, 0.25) is 0 Å². The van der Waals surface area contributed by atoms with Gasteiger partial charge in [0.05, 0.1) is 12.5 Å². The number of hydrogen-bond donors (Lipinski definition) is 1. The molecule has 6 heteroatoms. The molecule has 0 radical (unpaired) electrons. The maximum atomic E-state index is 12.0. The van der Waals surface area contributed by atoms with E-state index in [2.05, 4.69) is 16.6 Å². The van der Waals surface area contributed by atoms with Gasteiger partial charge < -0.3 is 10.1 Å². The Kier molecular flexibility index (Phi) is 5.69. The Morgan fingerprint density at radius 3 is 2.68 bits per heavy atom. The Morgan fingerprint density at radius 1 is 1.42 bits per heavy atom. The number of halogens is 4. The maximum absolute atomic E-state index is 12.0. The topological polar surface area (TPSA) is 21.3 Å². The van der Waals surface area contributed by atoms with Crippen LogP contribution in [0.3, 0.4) is 0 Å². The minimum Gasteiger partial charge on any atom is -0.367 e. The van der Waals surface area contributed by atoms with Crippen LogP contribution in [0.5, 0.6) is 0 Å². The summed E-state index contributed by atoms with van der Waals surface area (Å²) in [6.07, 6.45) is -4.32. The predicted octanol–water partition coefficient (Wildman–Crippen LogP) is 4.24. The zero-order valence-corrected chi connectivity index (χ0v) is 11.2. The van der Waals surface area contributed by atoms with E-state index in [0.29, 0.717) is 16.9 Å². The summed E-state index contributed by atoms with van der Waals surface area (Å²) in [5, 5.41) is 2.95. The Balaban J connectivity index is 2.74. The van der Waals surface area contributed by atoms with Crippen LogP contribution in [0.15, 0.2) is 30.5 Å². The van der Waals surface area contributed by atoms with E-state index < -0.39 is 12.8 Å². The van der Waals surface area contributed by atoms with Crippen molar-refractivity contribution in [1.29, 1.82) is 0 Å². The molecule has 2 nitrogen and oxygen atoms in total. The second-order valence-electron chi connectivity index (χ2n) is 4.13. The third-order valence-electron chi connectivity index (χ3n) is 2.26. The van der Waals surface area contributed by atoms with Gasteiger partial charge in [-0.1, -0.05) is 24.3 Å². The van der Waals surface area contributed by atoms with E-state index in [1.54, 1.807) is 12.1 Å². The monoisotopic (exact) mass is 293 g/mol. The molecule has 0 aromatic heterocycles. The predicted molar refractivity (Wildman–Crippen MR) is 70.4 cm³/mol. The molecular weight excluding hydrogens is 279 g/mol. The van der Waals surface area contributed by atoms with Crippen LogP contribution >= 0.6 is 11.6 Å². The van der Waals surface area contributed by atoms with Crippen molar-refractivity contribution in [3.8, 4) is 0 Å². The zero-order valence-electron chi connectivity index (χ0n) is 10.5. The lowest BCUT2D eigenvalue weighted by Gasteiger charge is -2.14. The van der Waals surface area contributed by atoms with Crippen molar-refractivity contribution >= 4 is 17.3 Å². The number of nitrogens with one attached hydrogen (secondary N) is 1. The average molecular weight is 294 g/mol. The minimum absolute atomic E-state index is 0.126. The highest BCUT2D eigenvalue weighted by atomic mass is 35.5. The third kappa shape index (κ3) is 5.98. The molecule has 0 unspecified atom stereocenters. The molecule has 0 aliphatic rings. The van der Waals surface area contributed by atoms with Crippen LogP contribution in [0.1, 0.15) is 11.1 Å². The molecule has 1 aromatic rings. The number of benzene rings is 1. The molecule has 0 bridgehead atoms. The fourth-order valence-corrected chi connectivity index (χ4v) is 1.53. The highest BCUT2D eigenvalue weighted by Gasteiger charge is 2.27. The van der Waals surface area contributed by atoms with Gasteiger partial charge >= 0.3 is 6.18 Å². The summed E-state index contributed by atoms with van der Waals surface area (Å²) >= 11 is 5.61. The summed E-state index contributed by atoms with van der Waals surface area (Å²) in [5.41, 5.74) is 2.80. The Labute approximate surface area is 115 Å². The SMILES string of the molecule is C=C(CCl)Nc1ccc(C)cc1COCC(F)(F)F. The fourth-order valence-electron chi connectivity index (χ4n) is 1.46. The van der Waals surface area contributed by atoms with Gasteiger partial charge in [-0.05, 0) is 13.0 Å². The zero-order chi connectivity index (χ0) is 14.5. The van der Waals surface area contributed by atoms with Crippen molar-refractivity contribution < 1.29 is 17.9 Å². The molecule has 1 N–H and O–H groups in total. The van der Waals surface area contributed by atoms with E-state index in [9.17, 15) is 13.2 Å². The maximum Gasteiger partial charge on any atom is 0.411 e. The normalized spacial score (nSPS) is 11.4. The van der Waals surface area contributed by atoms with Crippen molar-refractivity contribution in [2.45, 2.75) is 19.7 Å². The minimum atomic E-state index is -4.32. The molecule has 0 fully saturated rings. The quantitative estimate of drug-likeness (QED) is 0.792. The number of ether oxygens (including phenoxy) is 1. The van der Waals surface area contributed by atoms with Crippen LogP contribution in [-0.4, -0.2) is 18.7 Å². The third-order valence-corrected chi connectivity index (χ3v) is 2.58. The Bertz CT molecular complexity index is 446. The molecule has 0 aliphatic heterocycles. The molecule has 0 atom stereocenters. The van der Waals surface area contributed by atoms with Gasteiger partial charge in [0.1, 0.15) is 6.61 Å². The summed E-state index contributed by atoms with van der Waals surface area (Å²) in [4.78, 5) is 0. The number of anilines is 1. The van der Waals surface area contributed by atoms with Gasteiger partial charge in [0.25, 0.3) is 0 Å². The molecule has 19 heavy (non-hydrogen) atoms. The standard InChI is InChI=1S/C13H15ClF3NO/c1-9-3-4-12(18-10(2)6-14)11(5-9)7-19-8-13(15,16)17/h3-5,18H,2,6-8H2,1H3. The summed E-state index contributed by atoms with van der Waals surface area (Å²) in [6, 6.07) is 5.37. The van der Waals surface area contributed by atoms with Crippen molar-refractivity contribution in [3.63, 3.8) is 0 Å². The van der Waals surface area contributed by atoms with Gasteiger partial charge in [-0.15, -0.1) is 11.6 Å². The van der Waals surface area contributed by atoms with Gasteiger partial charge in [-0.3, -0.25) is 0 Å². The van der Waals surface area contributed by atoms with Gasteiger partial charge in [-0.25, -0.2) is 0 Å². The van der Waals surface area contributed by atoms with Gasteiger partial charge in [-0.2, -0.15) is 13.2 Å². The first-order valence-electron chi connectivity index (χ1n) is 5.56. The van der Waals surface area contributed by atoms with E-state index >= 15 is 0 Å². The molecule has 0 aliphatic carbocycles. The number of aryl methyl sites for hydroxylation is 1. The summed E-state index contributed by atoms with van der Waals surface area (Å²) < 4.78 is 40.8. The lowest BCUT2D eigenvalue weighted by Crippen LogP contribution is -2.17. The molecule has 1 rings (SSSR count). The van der Waals surface area contributed by atoms with Crippen LogP contribution < -0.4 is 5.32 Å². The molecule has 0 saturated carbocycles. The van der Waals surface area contributed by atoms with Crippen molar-refractivity contribution in [2.24, 2.45) is 0 Å². The highest BCUT2D eigenvalue weighted by molar-refractivity contribution is 6.19. The highest BCUT2D eigenvalue weighted by Crippen LogP contribution is 2.22. The summed E-state index contributed by atoms with van der Waals surface area (Å²) in [5.74, 6) is 0.219. The molecule has 106 valence electrons. The van der Waals surface area contributed by atoms with Crippen LogP contribution in [0.4, 0.5) is 18.9 Å². The number of allylic oxidation sites excluding steroid dienone is 1. The Morgan fingerprint density at radius 2 is 2.11 bits per heavy atom. The molecule has 0 amide bonds. The molecule has 0 spiro atoms. The van der Waals surface area contributed by atoms with E-state index in [1.165, 1.54) is 0 Å². The number of alkyl halides is 4. The van der Waals surface area contributed by atoms with Gasteiger partial charge in [0.15, 0.2) is 0 Å². The van der Waals surface area contributed by atoms with E-state index in [-0.39, 0.29) is 12.5 Å². The van der Waals surface area contributed by atoms with E-state index in [4.69, 9.17) is 11.6 Å². The lowest BCUT2D eigenvalue weighted by atomic mass is 10.1. The van der Waals surface area contributed by atoms with Crippen molar-refractivity contribution in [1.82, 2.24) is 0 Å². The van der Waals surface area contributed by atoms with Crippen molar-refractivity contribution in [3.05, 3.63) is 41.6 Å². The fraction of sp³-hybridized carbons (Fsp3) is 0.385. The first-order valence-corrected chi connectivity index (χ1v) is 6.10. The number of rotatable bonds is 6. The molecule has 1 aromatic carbocycles. The first-order chi connectivity index (χ1) is 8.81. The summed E-state index contributed by atoms with van der Waals surface area (Å²) in [7, 11) is 0. The first kappa shape index (κ1) is 15.9. The second-order valence-corrected chi connectivity index (χ2v) is 4.40. The van der Waals surface area contributed by atoms with Gasteiger partial charge in [0, 0.05) is 16.9 Å². The second kappa shape index (κ2) is 6.82. The Hall–Kier alpha value is -1.20. The molecule has 0 saturated heterocycles. The molecular formula is C13H15ClF3NO. The van der Waals surface area contributed by atoms with Gasteiger partial charge in [0.2, 0.25) is 0 Å². The summed E-state index contributed by atoms with van der Waals surface area (Å²) in [6.45, 7) is 4.15. The van der Waals surface area contributed by atoms with Crippen LogP contribution in [0.25, 0.3) is 0 Å². The van der Waals surface area contributed by atoms with E-state index in [1.807, 2.05) is 13.0 Å². The average Bonchev–Trinajstić information content (AvgIpc) is 2.30. The van der Waals surface area contributed by atoms with Crippen LogP contribution in [0, 0.1) is 6.92 Å².